The van der Waals surface area contributed by atoms with Crippen LogP contribution in [0.4, 0.5) is 5.69 Å². The lowest BCUT2D eigenvalue weighted by molar-refractivity contribution is -0.119. The molecular formula is C22H18Cl2IN3O3S. The Bertz CT molecular complexity index is 1270. The number of hydrazone groups is 1. The molecule has 3 rings (SSSR count). The van der Waals surface area contributed by atoms with Gasteiger partial charge < -0.3 is 0 Å². The molecule has 32 heavy (non-hydrogen) atoms. The fourth-order valence-corrected chi connectivity index (χ4v) is 5.04. The quantitative estimate of drug-likeness (QED) is 0.226. The van der Waals surface area contributed by atoms with Crippen molar-refractivity contribution in [2.45, 2.75) is 11.8 Å². The van der Waals surface area contributed by atoms with Gasteiger partial charge in [0.05, 0.1) is 16.3 Å². The van der Waals surface area contributed by atoms with Crippen molar-refractivity contribution in [3.63, 3.8) is 0 Å². The van der Waals surface area contributed by atoms with Crippen LogP contribution >= 0.6 is 45.8 Å². The number of nitrogens with one attached hydrogen (secondary N) is 1. The first-order chi connectivity index (χ1) is 15.2. The molecule has 0 heterocycles. The highest BCUT2D eigenvalue weighted by atomic mass is 127. The van der Waals surface area contributed by atoms with Crippen molar-refractivity contribution in [2.24, 2.45) is 5.10 Å². The van der Waals surface area contributed by atoms with Crippen LogP contribution < -0.4 is 9.73 Å². The van der Waals surface area contributed by atoms with Gasteiger partial charge in [-0.15, -0.1) is 0 Å². The SMILES string of the molecule is C/C(=N/NC(=O)CN(c1cccc(Cl)c1)S(=O)(=O)c1ccc(Cl)cc1)c1cccc(I)c1. The minimum Gasteiger partial charge on any atom is -0.271 e. The van der Waals surface area contributed by atoms with Crippen LogP contribution in [0.2, 0.25) is 10.0 Å². The van der Waals surface area contributed by atoms with Crippen molar-refractivity contribution >= 4 is 73.1 Å². The molecule has 3 aromatic rings. The van der Waals surface area contributed by atoms with E-state index in [1.54, 1.807) is 25.1 Å². The summed E-state index contributed by atoms with van der Waals surface area (Å²) in [5, 5.41) is 4.85. The molecule has 0 unspecified atom stereocenters. The molecule has 166 valence electrons. The molecule has 0 spiro atoms. The van der Waals surface area contributed by atoms with Gasteiger partial charge in [0.15, 0.2) is 0 Å². The van der Waals surface area contributed by atoms with Crippen molar-refractivity contribution < 1.29 is 13.2 Å². The Morgan fingerprint density at radius 3 is 2.34 bits per heavy atom. The van der Waals surface area contributed by atoms with E-state index in [9.17, 15) is 13.2 Å². The number of anilines is 1. The molecule has 10 heteroatoms. The fourth-order valence-electron chi connectivity index (χ4n) is 2.77. The van der Waals surface area contributed by atoms with Gasteiger partial charge in [-0.2, -0.15) is 5.10 Å². The van der Waals surface area contributed by atoms with E-state index in [2.05, 4.69) is 33.1 Å². The molecule has 0 aromatic heterocycles. The van der Waals surface area contributed by atoms with E-state index in [-0.39, 0.29) is 10.6 Å². The second-order valence-electron chi connectivity index (χ2n) is 6.69. The van der Waals surface area contributed by atoms with Crippen LogP contribution in [0.3, 0.4) is 0 Å². The second-order valence-corrected chi connectivity index (χ2v) is 10.7. The van der Waals surface area contributed by atoms with Crippen LogP contribution in [-0.2, 0) is 14.8 Å². The highest BCUT2D eigenvalue weighted by molar-refractivity contribution is 14.1. The Labute approximate surface area is 210 Å². The molecule has 1 amide bonds. The zero-order valence-corrected chi connectivity index (χ0v) is 21.3. The van der Waals surface area contributed by atoms with Crippen LogP contribution in [0.15, 0.2) is 82.8 Å². The van der Waals surface area contributed by atoms with Crippen LogP contribution in [-0.4, -0.2) is 26.6 Å². The van der Waals surface area contributed by atoms with Gasteiger partial charge >= 0.3 is 0 Å². The zero-order valence-electron chi connectivity index (χ0n) is 16.8. The number of halogens is 3. The first-order valence-electron chi connectivity index (χ1n) is 9.30. The van der Waals surface area contributed by atoms with Gasteiger partial charge in [0, 0.05) is 13.6 Å². The third kappa shape index (κ3) is 6.22. The van der Waals surface area contributed by atoms with Gasteiger partial charge in [-0.05, 0) is 89.7 Å². The van der Waals surface area contributed by atoms with E-state index >= 15 is 0 Å². The summed E-state index contributed by atoms with van der Waals surface area (Å²) in [7, 11) is -4.07. The molecule has 0 atom stereocenters. The fraction of sp³-hybridized carbons (Fsp3) is 0.0909. The van der Waals surface area contributed by atoms with Gasteiger partial charge in [-0.25, -0.2) is 13.8 Å². The molecular weight excluding hydrogens is 584 g/mol. The summed E-state index contributed by atoms with van der Waals surface area (Å²) >= 11 is 14.1. The first-order valence-corrected chi connectivity index (χ1v) is 12.6. The third-order valence-electron chi connectivity index (χ3n) is 4.38. The summed E-state index contributed by atoms with van der Waals surface area (Å²) in [5.41, 5.74) is 4.12. The van der Waals surface area contributed by atoms with Gasteiger partial charge in [0.1, 0.15) is 6.54 Å². The van der Waals surface area contributed by atoms with Crippen molar-refractivity contribution in [1.29, 1.82) is 0 Å². The molecule has 0 saturated carbocycles. The van der Waals surface area contributed by atoms with Crippen molar-refractivity contribution in [2.75, 3.05) is 10.8 Å². The highest BCUT2D eigenvalue weighted by Crippen LogP contribution is 2.26. The number of carbonyl (C=O) groups is 1. The Hall–Kier alpha value is -2.14. The smallest absolute Gasteiger partial charge is 0.264 e. The minimum atomic E-state index is -4.07. The van der Waals surface area contributed by atoms with Crippen LogP contribution in [0.1, 0.15) is 12.5 Å². The van der Waals surface area contributed by atoms with Crippen LogP contribution in [0.5, 0.6) is 0 Å². The molecule has 1 N–H and O–H groups in total. The number of amides is 1. The lowest BCUT2D eigenvalue weighted by Gasteiger charge is -2.24. The number of hydrogen-bond acceptors (Lipinski definition) is 4. The summed E-state index contributed by atoms with van der Waals surface area (Å²) < 4.78 is 28.6. The van der Waals surface area contributed by atoms with Gasteiger partial charge in [-0.1, -0.05) is 41.4 Å². The van der Waals surface area contributed by atoms with Crippen molar-refractivity contribution in [1.82, 2.24) is 5.43 Å². The maximum absolute atomic E-state index is 13.3. The molecule has 0 bridgehead atoms. The topological polar surface area (TPSA) is 78.8 Å². The van der Waals surface area contributed by atoms with Gasteiger partial charge in [0.2, 0.25) is 0 Å². The van der Waals surface area contributed by atoms with Gasteiger partial charge in [0.25, 0.3) is 15.9 Å². The maximum Gasteiger partial charge on any atom is 0.264 e. The molecule has 0 saturated heterocycles. The summed E-state index contributed by atoms with van der Waals surface area (Å²) in [5.74, 6) is -0.604. The van der Waals surface area contributed by atoms with Crippen LogP contribution in [0.25, 0.3) is 0 Å². The predicted octanol–water partition coefficient (Wildman–Crippen LogP) is 5.33. The Morgan fingerprint density at radius 2 is 1.69 bits per heavy atom. The maximum atomic E-state index is 13.3. The number of nitrogens with zero attached hydrogens (tertiary/aromatic N) is 2. The molecule has 0 aliphatic heterocycles. The summed E-state index contributed by atoms with van der Waals surface area (Å²) in [6.07, 6.45) is 0. The number of carbonyl (C=O) groups excluding carboxylic acids is 1. The Morgan fingerprint density at radius 1 is 1.00 bits per heavy atom. The largest absolute Gasteiger partial charge is 0.271 e. The average Bonchev–Trinajstić information content (AvgIpc) is 2.76. The summed E-state index contributed by atoms with van der Waals surface area (Å²) in [4.78, 5) is 12.7. The lowest BCUT2D eigenvalue weighted by atomic mass is 10.1. The number of rotatable bonds is 7. The second kappa shape index (κ2) is 10.7. The Balaban J connectivity index is 1.88. The standard InChI is InChI=1S/C22H18Cl2IN3O3S/c1-15(16-4-2-6-19(25)12-16)26-27-22(29)14-28(20-7-3-5-18(24)13-20)32(30,31)21-10-8-17(23)9-11-21/h2-13H,14H2,1H3,(H,27,29)/b26-15-. The molecule has 0 aliphatic rings. The van der Waals surface area contributed by atoms with E-state index in [1.165, 1.54) is 30.3 Å². The molecule has 0 radical (unpaired) electrons. The van der Waals surface area contributed by atoms with E-state index in [0.29, 0.717) is 15.8 Å². The van der Waals surface area contributed by atoms with Crippen molar-refractivity contribution in [3.8, 4) is 0 Å². The molecule has 0 aliphatic carbocycles. The Kier molecular flexibility index (Phi) is 8.16. The number of hydrogen-bond donors (Lipinski definition) is 1. The van der Waals surface area contributed by atoms with E-state index in [4.69, 9.17) is 23.2 Å². The molecule has 0 fully saturated rings. The third-order valence-corrected chi connectivity index (χ3v) is 7.32. The normalized spacial score (nSPS) is 11.8. The first kappa shape index (κ1) is 24.5. The van der Waals surface area contributed by atoms with E-state index in [1.807, 2.05) is 24.3 Å². The van der Waals surface area contributed by atoms with E-state index in [0.717, 1.165) is 13.4 Å². The molecule has 3 aromatic carbocycles. The highest BCUT2D eigenvalue weighted by Gasteiger charge is 2.27. The minimum absolute atomic E-state index is 0.00628. The number of sulfonamides is 1. The molecule has 6 nitrogen and oxygen atoms in total. The van der Waals surface area contributed by atoms with Crippen LogP contribution in [0, 0.1) is 3.57 Å². The number of benzene rings is 3. The zero-order chi connectivity index (χ0) is 23.3. The lowest BCUT2D eigenvalue weighted by Crippen LogP contribution is -2.39. The summed E-state index contributed by atoms with van der Waals surface area (Å²) in [6, 6.07) is 19.6. The van der Waals surface area contributed by atoms with E-state index < -0.39 is 22.5 Å². The van der Waals surface area contributed by atoms with Crippen molar-refractivity contribution in [3.05, 3.63) is 92.0 Å². The average molecular weight is 602 g/mol. The van der Waals surface area contributed by atoms with Gasteiger partial charge in [-0.3, -0.25) is 9.10 Å². The predicted molar refractivity (Wildman–Crippen MR) is 137 cm³/mol. The monoisotopic (exact) mass is 601 g/mol. The summed E-state index contributed by atoms with van der Waals surface area (Å²) in [6.45, 7) is 1.26.